The standard InChI is InChI=1S/2C29H29Cl2N5O2S.C17H17ClO2S.C12H14ClN5O/c2*1-18(26(37)11-8-21-16-23(30)9-10-25(21)36-17-32-34-35-36)33-29(38)22-7-6-19(15-22)14-20-4-2-3-5-24(20)27-12-13-28(31)39-27;18-16-8-7-15(21-16)14-4-2-1-3-12(14)9-11-5-6-13(10-11)17(19)20;1-8(14)12(19)5-2-9-6-10(13)3-4-11(9)18-7-15-16-17-18/h2*2-5,9-10,12-13,16-19,22H,6-8,11,14-15H2,1H3,(H,33,38);1-4,7-8,11,13H,5-6,9-10H2,(H,19,20);3-4,6-8H,2,5,14H2,1H3/t2*18-,19-,22+;11-,13+;8-/m0000/s1. The maximum atomic E-state index is 13.1. The lowest BCUT2D eigenvalue weighted by molar-refractivity contribution is -0.141. The molecule has 118 heavy (non-hydrogen) atoms. The molecular weight excluding hydrogens is 1680 g/mol. The van der Waals surface area contributed by atoms with Crippen LogP contribution in [-0.2, 0) is 67.3 Å². The average molecular weight is 1770 g/mol. The molecule has 3 aliphatic carbocycles. The van der Waals surface area contributed by atoms with Crippen LogP contribution in [0.2, 0.25) is 28.1 Å². The summed E-state index contributed by atoms with van der Waals surface area (Å²) in [5.74, 6) is 0.280. The first-order chi connectivity index (χ1) is 56.9. The number of ketones is 3. The zero-order chi connectivity index (χ0) is 83.4. The Balaban J connectivity index is 0.000000152. The molecule has 22 nitrogen and oxygen atoms in total. The number of amides is 2. The molecule has 0 aliphatic heterocycles. The van der Waals surface area contributed by atoms with E-state index in [0.29, 0.717) is 58.5 Å². The Morgan fingerprint density at radius 1 is 0.415 bits per heavy atom. The Bertz CT molecular complexity index is 5170. The van der Waals surface area contributed by atoms with Gasteiger partial charge in [-0.05, 0) is 307 Å². The second-order valence-electron chi connectivity index (χ2n) is 30.1. The van der Waals surface area contributed by atoms with Crippen molar-refractivity contribution < 1.29 is 33.9 Å². The lowest BCUT2D eigenvalue weighted by Gasteiger charge is -2.17. The maximum absolute atomic E-state index is 13.1. The molecule has 6 aromatic carbocycles. The molecule has 31 heteroatoms. The number of nitrogens with two attached hydrogens (primary N) is 1. The lowest BCUT2D eigenvalue weighted by atomic mass is 9.93. The van der Waals surface area contributed by atoms with Crippen LogP contribution in [0.4, 0.5) is 0 Å². The molecule has 6 heterocycles. The topological polar surface area (TPSA) is 304 Å². The minimum atomic E-state index is -0.643. The van der Waals surface area contributed by atoms with Gasteiger partial charge in [-0.3, -0.25) is 28.8 Å². The van der Waals surface area contributed by atoms with Crippen molar-refractivity contribution in [3.05, 3.63) is 244 Å². The fourth-order valence-electron chi connectivity index (χ4n) is 15.6. The van der Waals surface area contributed by atoms with E-state index < -0.39 is 24.1 Å². The summed E-state index contributed by atoms with van der Waals surface area (Å²) in [7, 11) is 0. The second-order valence-corrected chi connectivity index (χ2v) is 36.5. The van der Waals surface area contributed by atoms with E-state index in [-0.39, 0.29) is 59.8 Å². The molecule has 0 radical (unpaired) electrons. The quantitative estimate of drug-likeness (QED) is 0.0338. The number of carbonyl (C=O) groups is 6. The van der Waals surface area contributed by atoms with E-state index in [1.54, 1.807) is 87.0 Å². The third kappa shape index (κ3) is 24.5. The zero-order valence-electron chi connectivity index (χ0n) is 65.1. The van der Waals surface area contributed by atoms with E-state index in [1.807, 2.05) is 60.7 Å². The third-order valence-corrected chi connectivity index (χ3v) is 26.3. The predicted molar refractivity (Wildman–Crippen MR) is 467 cm³/mol. The Hall–Kier alpha value is -9.25. The number of hydrogen-bond donors (Lipinski definition) is 4. The second kappa shape index (κ2) is 42.6. The lowest BCUT2D eigenvalue weighted by Crippen LogP contribution is -2.41. The van der Waals surface area contributed by atoms with Gasteiger partial charge >= 0.3 is 5.97 Å². The summed E-state index contributed by atoms with van der Waals surface area (Å²) in [6.45, 7) is 5.20. The largest absolute Gasteiger partial charge is 0.481 e. The van der Waals surface area contributed by atoms with Gasteiger partial charge in [0.1, 0.15) is 24.8 Å². The first-order valence-corrected chi connectivity index (χ1v) is 43.9. The molecule has 3 saturated carbocycles. The molecule has 3 aliphatic rings. The molecule has 0 unspecified atom stereocenters. The number of carboxylic acids is 1. The van der Waals surface area contributed by atoms with E-state index in [1.165, 1.54) is 57.2 Å². The van der Waals surface area contributed by atoms with Crippen LogP contribution in [0.15, 0.2) is 183 Å². The Labute approximate surface area is 726 Å². The van der Waals surface area contributed by atoms with Gasteiger partial charge in [-0.25, -0.2) is 14.0 Å². The van der Waals surface area contributed by atoms with E-state index in [0.717, 1.165) is 134 Å². The van der Waals surface area contributed by atoms with Crippen molar-refractivity contribution in [2.75, 3.05) is 0 Å². The predicted octanol–water partition coefficient (Wildman–Crippen LogP) is 19.0. The van der Waals surface area contributed by atoms with Crippen LogP contribution >= 0.6 is 104 Å². The van der Waals surface area contributed by atoms with Crippen molar-refractivity contribution in [3.8, 4) is 48.4 Å². The number of aryl methyl sites for hydroxylation is 3. The smallest absolute Gasteiger partial charge is 0.306 e. The monoisotopic (exact) mass is 1760 g/mol. The van der Waals surface area contributed by atoms with Crippen LogP contribution < -0.4 is 16.4 Å². The summed E-state index contributed by atoms with van der Waals surface area (Å²) in [6.07, 6.45) is 17.6. The molecule has 0 saturated heterocycles. The summed E-state index contributed by atoms with van der Waals surface area (Å²) in [5.41, 5.74) is 18.1. The van der Waals surface area contributed by atoms with Crippen molar-refractivity contribution >= 4 is 139 Å². The van der Waals surface area contributed by atoms with Crippen LogP contribution in [0.1, 0.15) is 131 Å². The highest BCUT2D eigenvalue weighted by atomic mass is 35.5. The zero-order valence-corrected chi connectivity index (χ0v) is 72.1. The minimum Gasteiger partial charge on any atom is -0.481 e. The van der Waals surface area contributed by atoms with E-state index in [9.17, 15) is 28.8 Å². The van der Waals surface area contributed by atoms with Gasteiger partial charge in [0.05, 0.1) is 54.1 Å². The number of nitrogens with one attached hydrogen (secondary N) is 2. The van der Waals surface area contributed by atoms with Gasteiger partial charge in [0.2, 0.25) is 11.8 Å². The number of thiophene rings is 3. The Morgan fingerprint density at radius 2 is 0.729 bits per heavy atom. The third-order valence-electron chi connectivity index (χ3n) is 21.8. The maximum Gasteiger partial charge on any atom is 0.306 e. The van der Waals surface area contributed by atoms with Gasteiger partial charge in [-0.15, -0.1) is 49.3 Å². The SMILES string of the molecule is C[C@H](N)C(=O)CCc1cc(Cl)ccc1-n1cnnn1.C[C@H](NC(=O)[C@@H]1CC[C@@H](Cc2ccccc2-c2ccc(Cl)s2)C1)C(=O)CCc1cc(Cl)ccc1-n1cnnn1.C[C@H](NC(=O)[C@@H]1CC[C@@H](Cc2ccccc2-c2ccc(Cl)s2)C1)C(=O)CCc1cc(Cl)ccc1-n1cnnn1.O=C(O)[C@@H]1CC[C@@H](Cc2ccccc2-c2ccc(Cl)s2)C1. The van der Waals surface area contributed by atoms with Gasteiger partial charge in [-0.1, -0.05) is 142 Å². The summed E-state index contributed by atoms with van der Waals surface area (Å²) >= 11 is 41.5. The summed E-state index contributed by atoms with van der Waals surface area (Å²) in [4.78, 5) is 78.2. The number of hydrogen-bond acceptors (Lipinski definition) is 19. The van der Waals surface area contributed by atoms with Gasteiger partial charge < -0.3 is 21.5 Å². The van der Waals surface area contributed by atoms with Crippen LogP contribution in [0.25, 0.3) is 48.4 Å². The van der Waals surface area contributed by atoms with Gasteiger partial charge in [0, 0.05) is 60.8 Å². The minimum absolute atomic E-state index is 0.0163. The fraction of sp³-hybridized carbons (Fsp3) is 0.345. The molecule has 9 atom stereocenters. The number of rotatable bonds is 29. The number of nitrogens with zero attached hydrogens (tertiary/aromatic N) is 12. The molecule has 5 N–H and O–H groups in total. The average Bonchev–Trinajstić information content (AvgIpc) is 1.59. The number of Topliss-reactive ketones (excluding diaryl/α,β-unsaturated/α-hetero) is 3. The number of benzene rings is 6. The fourth-order valence-corrected chi connectivity index (χ4v) is 19.5. The summed E-state index contributed by atoms with van der Waals surface area (Å²) in [5, 5.41) is 50.5. The molecule has 6 aromatic heterocycles. The number of tetrazole rings is 3. The molecule has 2 amide bonds. The molecule has 0 bridgehead atoms. The van der Waals surface area contributed by atoms with Crippen LogP contribution in [0.3, 0.4) is 0 Å². The van der Waals surface area contributed by atoms with E-state index in [2.05, 4.69) is 142 Å². The highest BCUT2D eigenvalue weighted by Crippen LogP contribution is 2.42. The summed E-state index contributed by atoms with van der Waals surface area (Å²) < 4.78 is 6.99. The molecule has 15 rings (SSSR count). The molecule has 614 valence electrons. The first kappa shape index (κ1) is 88.0. The highest BCUT2D eigenvalue weighted by Gasteiger charge is 2.35. The molecular formula is C87H89Cl6N15O7S3. The van der Waals surface area contributed by atoms with Crippen LogP contribution in [-0.4, -0.2) is 119 Å². The van der Waals surface area contributed by atoms with Gasteiger partial charge in [0.25, 0.3) is 0 Å². The number of carbonyl (C=O) groups excluding carboxylic acids is 5. The van der Waals surface area contributed by atoms with E-state index in [4.69, 9.17) is 80.4 Å². The van der Waals surface area contributed by atoms with Crippen LogP contribution in [0.5, 0.6) is 0 Å². The Kier molecular flexibility index (Phi) is 31.8. The first-order valence-electron chi connectivity index (χ1n) is 39.2. The Morgan fingerprint density at radius 3 is 1.02 bits per heavy atom. The normalized spacial score (nSPS) is 17.5. The van der Waals surface area contributed by atoms with Crippen molar-refractivity contribution in [1.29, 1.82) is 0 Å². The van der Waals surface area contributed by atoms with Crippen molar-refractivity contribution in [1.82, 2.24) is 71.3 Å². The number of carboxylic acid groups (broad SMARTS) is 1. The molecule has 0 spiro atoms. The van der Waals surface area contributed by atoms with Crippen molar-refractivity contribution in [2.24, 2.45) is 41.2 Å². The summed E-state index contributed by atoms with van der Waals surface area (Å²) in [6, 6.07) is 51.8. The van der Waals surface area contributed by atoms with Gasteiger partial charge in [-0.2, -0.15) is 0 Å². The number of aromatic nitrogens is 12. The van der Waals surface area contributed by atoms with Crippen molar-refractivity contribution in [2.45, 2.75) is 154 Å². The molecule has 12 aromatic rings. The van der Waals surface area contributed by atoms with Crippen LogP contribution in [0, 0.1) is 35.5 Å². The van der Waals surface area contributed by atoms with Crippen molar-refractivity contribution in [3.63, 3.8) is 0 Å². The van der Waals surface area contributed by atoms with Gasteiger partial charge in [0.15, 0.2) is 11.6 Å². The number of halogens is 6. The molecule has 3 fully saturated rings. The number of aliphatic carboxylic acids is 1. The highest BCUT2D eigenvalue weighted by molar-refractivity contribution is 7.20. The van der Waals surface area contributed by atoms with E-state index >= 15 is 0 Å².